The first-order valence-electron chi connectivity index (χ1n) is 8.68. The first kappa shape index (κ1) is 18.3. The Morgan fingerprint density at radius 3 is 2.24 bits per heavy atom. The average molecular weight is 351 g/mol. The van der Waals surface area contributed by atoms with Gasteiger partial charge < -0.3 is 14.2 Å². The fourth-order valence-electron chi connectivity index (χ4n) is 3.08. The fourth-order valence-corrected chi connectivity index (χ4v) is 3.08. The number of hydrogen-bond acceptors (Lipinski definition) is 3. The first-order chi connectivity index (χ1) is 11.6. The third-order valence-corrected chi connectivity index (χ3v) is 5.40. The van der Waals surface area contributed by atoms with Crippen LogP contribution in [0.4, 0.5) is 8.78 Å². The summed E-state index contributed by atoms with van der Waals surface area (Å²) in [5, 5.41) is 0. The molecule has 0 aromatic heterocycles. The predicted octanol–water partition coefficient (Wildman–Crippen LogP) is 2.70. The Bertz CT molecular complexity index is 656. The van der Waals surface area contributed by atoms with Crippen LogP contribution in [0, 0.1) is 5.82 Å². The second-order valence-electron chi connectivity index (χ2n) is 7.83. The van der Waals surface area contributed by atoms with Crippen LogP contribution >= 0.6 is 0 Å². The average Bonchev–Trinajstić information content (AvgIpc) is 2.75. The van der Waals surface area contributed by atoms with Crippen molar-refractivity contribution < 1.29 is 22.9 Å². The third-order valence-electron chi connectivity index (χ3n) is 5.40. The van der Waals surface area contributed by atoms with Crippen LogP contribution in [-0.4, -0.2) is 48.4 Å². The van der Waals surface area contributed by atoms with Gasteiger partial charge in [0, 0.05) is 18.7 Å². The molecule has 3 rings (SSSR count). The molecule has 7 heteroatoms. The molecule has 136 valence electrons. The molecule has 2 saturated heterocycles. The van der Waals surface area contributed by atoms with E-state index < -0.39 is 30.3 Å². The van der Waals surface area contributed by atoms with Gasteiger partial charge in [-0.3, -0.25) is 4.79 Å². The van der Waals surface area contributed by atoms with Crippen molar-refractivity contribution in [1.29, 1.82) is 0 Å². The number of rotatable bonds is 2. The highest BCUT2D eigenvalue weighted by Gasteiger charge is 2.51. The molecule has 0 aliphatic carbocycles. The third kappa shape index (κ3) is 3.58. The van der Waals surface area contributed by atoms with Gasteiger partial charge in [-0.15, -0.1) is 0 Å². The summed E-state index contributed by atoms with van der Waals surface area (Å²) in [6, 6.07) is 4.14. The maximum Gasteiger partial charge on any atom is 0.494 e. The number of carbonyl (C=O) groups is 1. The number of halogens is 2. The Hall–Kier alpha value is -1.47. The highest BCUT2D eigenvalue weighted by atomic mass is 19.1. The van der Waals surface area contributed by atoms with E-state index in [1.54, 1.807) is 11.0 Å². The number of likely N-dealkylation sites (tertiary alicyclic amines) is 1. The number of amides is 1. The van der Waals surface area contributed by atoms with E-state index in [9.17, 15) is 13.6 Å². The van der Waals surface area contributed by atoms with E-state index in [-0.39, 0.29) is 11.5 Å². The van der Waals surface area contributed by atoms with E-state index in [1.165, 1.54) is 12.1 Å². The lowest BCUT2D eigenvalue weighted by Gasteiger charge is -2.32. The molecule has 2 aliphatic heterocycles. The zero-order chi connectivity index (χ0) is 18.4. The molecular weight excluding hydrogens is 327 g/mol. The predicted molar refractivity (Wildman–Crippen MR) is 92.1 cm³/mol. The molecule has 1 aromatic carbocycles. The minimum Gasteiger partial charge on any atom is -0.399 e. The van der Waals surface area contributed by atoms with Crippen molar-refractivity contribution in [3.05, 3.63) is 29.6 Å². The minimum atomic E-state index is -0.864. The van der Waals surface area contributed by atoms with E-state index in [0.717, 1.165) is 0 Å². The van der Waals surface area contributed by atoms with Gasteiger partial charge in [0.1, 0.15) is 12.0 Å². The summed E-state index contributed by atoms with van der Waals surface area (Å²) in [5.41, 5.74) is -0.377. The molecule has 0 N–H and O–H groups in total. The fraction of sp³-hybridized carbons (Fsp3) is 0.611. The summed E-state index contributed by atoms with van der Waals surface area (Å²) < 4.78 is 39.3. The molecule has 0 spiro atoms. The van der Waals surface area contributed by atoms with Gasteiger partial charge >= 0.3 is 7.12 Å². The van der Waals surface area contributed by atoms with Crippen LogP contribution in [0.1, 0.15) is 50.9 Å². The molecule has 1 amide bonds. The summed E-state index contributed by atoms with van der Waals surface area (Å²) in [6.07, 6.45) is -0.215. The van der Waals surface area contributed by atoms with Crippen molar-refractivity contribution in [3.8, 4) is 0 Å². The molecule has 2 aliphatic rings. The van der Waals surface area contributed by atoms with Crippen LogP contribution in [0.2, 0.25) is 0 Å². The number of piperidine rings is 1. The van der Waals surface area contributed by atoms with Crippen LogP contribution in [0.5, 0.6) is 0 Å². The second-order valence-corrected chi connectivity index (χ2v) is 7.83. The van der Waals surface area contributed by atoms with Crippen molar-refractivity contribution in [3.63, 3.8) is 0 Å². The molecule has 1 aromatic rings. The number of alkyl halides is 1. The molecule has 25 heavy (non-hydrogen) atoms. The van der Waals surface area contributed by atoms with Crippen LogP contribution in [0.3, 0.4) is 0 Å². The SMILES string of the molecule is CC1(C)OB(c2cc(F)cc(C(=O)N3CCC(F)CC3)c2)OC1(C)C. The van der Waals surface area contributed by atoms with Crippen LogP contribution in [-0.2, 0) is 9.31 Å². The molecule has 0 saturated carbocycles. The van der Waals surface area contributed by atoms with Gasteiger partial charge in [-0.2, -0.15) is 0 Å². The Balaban J connectivity index is 1.83. The Kier molecular flexibility index (Phi) is 4.66. The molecule has 0 atom stereocenters. The van der Waals surface area contributed by atoms with Crippen molar-refractivity contribution in [1.82, 2.24) is 4.90 Å². The van der Waals surface area contributed by atoms with Crippen molar-refractivity contribution in [2.45, 2.75) is 57.9 Å². The molecule has 4 nitrogen and oxygen atoms in total. The normalized spacial score (nSPS) is 23.1. The quantitative estimate of drug-likeness (QED) is 0.769. The van der Waals surface area contributed by atoms with Crippen molar-refractivity contribution in [2.24, 2.45) is 0 Å². The Labute approximate surface area is 147 Å². The van der Waals surface area contributed by atoms with Gasteiger partial charge in [-0.25, -0.2) is 8.78 Å². The molecular formula is C18H24BF2NO3. The van der Waals surface area contributed by atoms with Gasteiger partial charge in [0.05, 0.1) is 11.2 Å². The van der Waals surface area contributed by atoms with Gasteiger partial charge in [-0.05, 0) is 64.2 Å². The second kappa shape index (κ2) is 6.36. The molecule has 2 heterocycles. The molecule has 0 unspecified atom stereocenters. The van der Waals surface area contributed by atoms with Crippen LogP contribution in [0.25, 0.3) is 0 Å². The molecule has 0 radical (unpaired) electrons. The lowest BCUT2D eigenvalue weighted by Crippen LogP contribution is -2.41. The maximum atomic E-state index is 14.1. The monoisotopic (exact) mass is 351 g/mol. The summed E-state index contributed by atoms with van der Waals surface area (Å²) in [4.78, 5) is 14.2. The maximum absolute atomic E-state index is 14.1. The van der Waals surface area contributed by atoms with E-state index >= 15 is 0 Å². The van der Waals surface area contributed by atoms with Gasteiger partial charge in [-0.1, -0.05) is 0 Å². The van der Waals surface area contributed by atoms with E-state index in [1.807, 2.05) is 27.7 Å². The number of nitrogens with zero attached hydrogens (tertiary/aromatic N) is 1. The largest absolute Gasteiger partial charge is 0.494 e. The zero-order valence-electron chi connectivity index (χ0n) is 15.1. The summed E-state index contributed by atoms with van der Waals surface area (Å²) in [7, 11) is -0.733. The van der Waals surface area contributed by atoms with Crippen molar-refractivity contribution in [2.75, 3.05) is 13.1 Å². The smallest absolute Gasteiger partial charge is 0.399 e. The Morgan fingerprint density at radius 2 is 1.68 bits per heavy atom. The number of benzene rings is 1. The molecule has 0 bridgehead atoms. The van der Waals surface area contributed by atoms with Crippen molar-refractivity contribution >= 4 is 18.5 Å². The summed E-state index contributed by atoms with van der Waals surface area (Å²) in [5.74, 6) is -0.805. The highest BCUT2D eigenvalue weighted by molar-refractivity contribution is 6.62. The lowest BCUT2D eigenvalue weighted by atomic mass is 9.78. The highest BCUT2D eigenvalue weighted by Crippen LogP contribution is 2.36. The summed E-state index contributed by atoms with van der Waals surface area (Å²) >= 11 is 0. The van der Waals surface area contributed by atoms with E-state index in [0.29, 0.717) is 31.4 Å². The van der Waals surface area contributed by atoms with Crippen LogP contribution in [0.15, 0.2) is 18.2 Å². The first-order valence-corrected chi connectivity index (χ1v) is 8.68. The molecule has 2 fully saturated rings. The van der Waals surface area contributed by atoms with Gasteiger partial charge in [0.25, 0.3) is 5.91 Å². The topological polar surface area (TPSA) is 38.8 Å². The van der Waals surface area contributed by atoms with Gasteiger partial charge in [0.15, 0.2) is 0 Å². The lowest BCUT2D eigenvalue weighted by molar-refractivity contribution is 0.00578. The number of carbonyl (C=O) groups excluding carboxylic acids is 1. The van der Waals surface area contributed by atoms with Crippen LogP contribution < -0.4 is 5.46 Å². The minimum absolute atomic E-state index is 0.238. The number of hydrogen-bond donors (Lipinski definition) is 0. The zero-order valence-corrected chi connectivity index (χ0v) is 15.1. The van der Waals surface area contributed by atoms with E-state index in [2.05, 4.69) is 0 Å². The Morgan fingerprint density at radius 1 is 1.12 bits per heavy atom. The van der Waals surface area contributed by atoms with E-state index in [4.69, 9.17) is 9.31 Å². The van der Waals surface area contributed by atoms with Gasteiger partial charge in [0.2, 0.25) is 0 Å². The standard InChI is InChI=1S/C18H24BF2NO3/c1-17(2)18(3,4)25-19(24-17)13-9-12(10-15(21)11-13)16(23)22-7-5-14(20)6-8-22/h9-11,14H,5-8H2,1-4H3. The summed E-state index contributed by atoms with van der Waals surface area (Å²) in [6.45, 7) is 8.36.